The van der Waals surface area contributed by atoms with E-state index in [9.17, 15) is 14.4 Å². The van der Waals surface area contributed by atoms with Crippen LogP contribution in [0.1, 0.15) is 72.8 Å². The van der Waals surface area contributed by atoms with Gasteiger partial charge in [0.25, 0.3) is 0 Å². The highest BCUT2D eigenvalue weighted by atomic mass is 16.5. The van der Waals surface area contributed by atoms with E-state index in [-0.39, 0.29) is 23.7 Å². The highest BCUT2D eigenvalue weighted by Crippen LogP contribution is 2.22. The van der Waals surface area contributed by atoms with Crippen LogP contribution >= 0.6 is 0 Å². The second-order valence-electron chi connectivity index (χ2n) is 9.30. The van der Waals surface area contributed by atoms with Crippen molar-refractivity contribution in [2.24, 2.45) is 5.92 Å². The minimum Gasteiger partial charge on any atom is -0.461 e. The molecule has 2 amide bonds. The zero-order valence-electron chi connectivity index (χ0n) is 20.5. The summed E-state index contributed by atoms with van der Waals surface area (Å²) < 4.78 is 5.10. The lowest BCUT2D eigenvalue weighted by Gasteiger charge is -2.31. The highest BCUT2D eigenvalue weighted by Gasteiger charge is 2.27. The molecule has 0 unspecified atom stereocenters. The number of likely N-dealkylation sites (tertiary alicyclic amines) is 2. The molecule has 2 aliphatic rings. The zero-order chi connectivity index (χ0) is 23.8. The van der Waals surface area contributed by atoms with Crippen LogP contribution in [-0.2, 0) is 20.7 Å². The fourth-order valence-corrected chi connectivity index (χ4v) is 5.02. The van der Waals surface area contributed by atoms with Crippen molar-refractivity contribution in [3.63, 3.8) is 0 Å². The Bertz CT molecular complexity index is 821. The van der Waals surface area contributed by atoms with Gasteiger partial charge >= 0.3 is 5.97 Å². The van der Waals surface area contributed by atoms with E-state index in [1.54, 1.807) is 6.92 Å². The zero-order valence-corrected chi connectivity index (χ0v) is 20.5. The van der Waals surface area contributed by atoms with Crippen LogP contribution in [0.4, 0.5) is 0 Å². The lowest BCUT2D eigenvalue weighted by atomic mass is 9.95. The molecule has 0 aromatic carbocycles. The number of aromatic nitrogens is 1. The fraction of sp³-hybridized carbons (Fsp3) is 0.720. The second kappa shape index (κ2) is 12.2. The number of amides is 2. The van der Waals surface area contributed by atoms with E-state index in [2.05, 4.69) is 15.2 Å². The van der Waals surface area contributed by atoms with Gasteiger partial charge in [-0.05, 0) is 90.1 Å². The van der Waals surface area contributed by atoms with Crippen molar-refractivity contribution < 1.29 is 19.1 Å². The van der Waals surface area contributed by atoms with Crippen LogP contribution in [-0.4, -0.2) is 78.4 Å². The first-order chi connectivity index (χ1) is 15.9. The van der Waals surface area contributed by atoms with E-state index in [4.69, 9.17) is 4.74 Å². The summed E-state index contributed by atoms with van der Waals surface area (Å²) >= 11 is 0. The van der Waals surface area contributed by atoms with Gasteiger partial charge in [-0.25, -0.2) is 4.79 Å². The Balaban J connectivity index is 1.38. The summed E-state index contributed by atoms with van der Waals surface area (Å²) in [7, 11) is 0. The molecule has 2 saturated heterocycles. The number of hydrogen-bond donors (Lipinski definition) is 2. The van der Waals surface area contributed by atoms with Crippen molar-refractivity contribution in [2.45, 2.75) is 65.7 Å². The summed E-state index contributed by atoms with van der Waals surface area (Å²) in [6.45, 7) is 11.4. The van der Waals surface area contributed by atoms with E-state index < -0.39 is 0 Å². The first kappa shape index (κ1) is 25.3. The van der Waals surface area contributed by atoms with Crippen molar-refractivity contribution >= 4 is 17.8 Å². The highest BCUT2D eigenvalue weighted by molar-refractivity contribution is 5.90. The lowest BCUT2D eigenvalue weighted by molar-refractivity contribution is -0.135. The van der Waals surface area contributed by atoms with Crippen LogP contribution in [0, 0.1) is 19.8 Å². The van der Waals surface area contributed by atoms with E-state index in [1.165, 1.54) is 25.9 Å². The molecule has 184 valence electrons. The van der Waals surface area contributed by atoms with Gasteiger partial charge in [-0.2, -0.15) is 0 Å². The minimum absolute atomic E-state index is 0.00198. The van der Waals surface area contributed by atoms with Gasteiger partial charge in [-0.1, -0.05) is 0 Å². The molecule has 2 aliphatic heterocycles. The number of rotatable bonds is 10. The summed E-state index contributed by atoms with van der Waals surface area (Å²) in [6, 6.07) is 0. The number of aryl methyl sites for hydroxylation is 1. The summed E-state index contributed by atoms with van der Waals surface area (Å²) in [5.74, 6) is -0.111. The van der Waals surface area contributed by atoms with Gasteiger partial charge in [0.2, 0.25) is 11.8 Å². The summed E-state index contributed by atoms with van der Waals surface area (Å²) in [5, 5.41) is 3.09. The molecule has 0 radical (unpaired) electrons. The van der Waals surface area contributed by atoms with Gasteiger partial charge < -0.3 is 24.8 Å². The molecule has 0 bridgehead atoms. The molecular weight excluding hydrogens is 420 g/mol. The number of aromatic amines is 1. The largest absolute Gasteiger partial charge is 0.461 e. The monoisotopic (exact) mass is 460 g/mol. The van der Waals surface area contributed by atoms with Gasteiger partial charge in [-0.15, -0.1) is 0 Å². The number of carbonyl (C=O) groups excluding carboxylic acids is 3. The number of ether oxygens (including phenoxy) is 1. The average molecular weight is 461 g/mol. The molecule has 0 saturated carbocycles. The Morgan fingerprint density at radius 1 is 1.09 bits per heavy atom. The number of hydrogen-bond acceptors (Lipinski definition) is 5. The Morgan fingerprint density at radius 2 is 1.79 bits per heavy atom. The van der Waals surface area contributed by atoms with Crippen molar-refractivity contribution in [3.8, 4) is 0 Å². The lowest BCUT2D eigenvalue weighted by Crippen LogP contribution is -2.43. The molecule has 8 nitrogen and oxygen atoms in total. The smallest absolute Gasteiger partial charge is 0.355 e. The predicted octanol–water partition coefficient (Wildman–Crippen LogP) is 2.58. The maximum Gasteiger partial charge on any atom is 0.355 e. The van der Waals surface area contributed by atoms with E-state index in [0.717, 1.165) is 49.2 Å². The van der Waals surface area contributed by atoms with Crippen molar-refractivity contribution in [1.82, 2.24) is 20.1 Å². The van der Waals surface area contributed by atoms with Crippen molar-refractivity contribution in [1.29, 1.82) is 0 Å². The normalized spacial score (nSPS) is 17.4. The molecule has 3 heterocycles. The SMILES string of the molecule is CCOC(=O)c1[nH]c(C)c(CCC(=O)N2CCC(C(=O)NCCCN3CCCC3)CC2)c1C. The number of nitrogens with zero attached hydrogens (tertiary/aromatic N) is 2. The van der Waals surface area contributed by atoms with E-state index in [1.807, 2.05) is 18.7 Å². The Kier molecular flexibility index (Phi) is 9.35. The first-order valence-electron chi connectivity index (χ1n) is 12.5. The van der Waals surface area contributed by atoms with Gasteiger partial charge in [0.15, 0.2) is 0 Å². The maximum atomic E-state index is 12.8. The van der Waals surface area contributed by atoms with Crippen LogP contribution in [0.3, 0.4) is 0 Å². The Morgan fingerprint density at radius 3 is 2.45 bits per heavy atom. The second-order valence-corrected chi connectivity index (χ2v) is 9.30. The molecule has 8 heteroatoms. The number of carbonyl (C=O) groups is 3. The van der Waals surface area contributed by atoms with Gasteiger partial charge in [0.05, 0.1) is 6.61 Å². The molecule has 33 heavy (non-hydrogen) atoms. The van der Waals surface area contributed by atoms with Crippen molar-refractivity contribution in [2.75, 3.05) is 45.9 Å². The van der Waals surface area contributed by atoms with Gasteiger partial charge in [0, 0.05) is 37.7 Å². The van der Waals surface area contributed by atoms with Crippen LogP contribution in [0.15, 0.2) is 0 Å². The van der Waals surface area contributed by atoms with E-state index in [0.29, 0.717) is 38.2 Å². The molecule has 2 fully saturated rings. The Hall–Kier alpha value is -2.35. The van der Waals surface area contributed by atoms with Crippen LogP contribution < -0.4 is 5.32 Å². The predicted molar refractivity (Wildman–Crippen MR) is 127 cm³/mol. The summed E-state index contributed by atoms with van der Waals surface area (Å²) in [4.78, 5) is 44.8. The topological polar surface area (TPSA) is 94.7 Å². The maximum absolute atomic E-state index is 12.8. The van der Waals surface area contributed by atoms with Crippen molar-refractivity contribution in [3.05, 3.63) is 22.5 Å². The van der Waals surface area contributed by atoms with Gasteiger partial charge in [0.1, 0.15) is 5.69 Å². The quantitative estimate of drug-likeness (QED) is 0.413. The van der Waals surface area contributed by atoms with Crippen LogP contribution in [0.25, 0.3) is 0 Å². The summed E-state index contributed by atoms with van der Waals surface area (Å²) in [6.07, 6.45) is 6.02. The third-order valence-corrected chi connectivity index (χ3v) is 7.03. The molecule has 3 rings (SSSR count). The third-order valence-electron chi connectivity index (χ3n) is 7.03. The standard InChI is InChI=1S/C25H40N4O4/c1-4-33-25(32)23-18(2)21(19(3)27-23)8-9-22(30)29-16-10-20(11-17-29)24(31)26-12-7-15-28-13-5-6-14-28/h20,27H,4-17H2,1-3H3,(H,26,31). The molecule has 0 aliphatic carbocycles. The number of H-pyrrole nitrogens is 1. The minimum atomic E-state index is -0.355. The van der Waals surface area contributed by atoms with Crippen LogP contribution in [0.5, 0.6) is 0 Å². The molecule has 0 spiro atoms. The first-order valence-corrected chi connectivity index (χ1v) is 12.5. The number of esters is 1. The Labute approximate surface area is 197 Å². The molecule has 0 atom stereocenters. The van der Waals surface area contributed by atoms with Gasteiger partial charge in [-0.3, -0.25) is 9.59 Å². The fourth-order valence-electron chi connectivity index (χ4n) is 5.02. The molecule has 1 aromatic rings. The third kappa shape index (κ3) is 6.82. The molecular formula is C25H40N4O4. The number of piperidine rings is 1. The summed E-state index contributed by atoms with van der Waals surface area (Å²) in [5.41, 5.74) is 3.25. The molecule has 2 N–H and O–H groups in total. The molecule has 1 aromatic heterocycles. The van der Waals surface area contributed by atoms with E-state index >= 15 is 0 Å². The van der Waals surface area contributed by atoms with Crippen LogP contribution in [0.2, 0.25) is 0 Å². The number of nitrogens with one attached hydrogen (secondary N) is 2. The average Bonchev–Trinajstić information content (AvgIpc) is 3.43.